The number of hydrogen-bond donors (Lipinski definition) is 1. The summed E-state index contributed by atoms with van der Waals surface area (Å²) < 4.78 is 12.1. The van der Waals surface area contributed by atoms with Crippen molar-refractivity contribution in [2.75, 3.05) is 34.3 Å². The second kappa shape index (κ2) is 6.24. The van der Waals surface area contributed by atoms with E-state index in [0.29, 0.717) is 17.9 Å². The van der Waals surface area contributed by atoms with E-state index < -0.39 is 6.10 Å². The number of ether oxygens (including phenoxy) is 2. The summed E-state index contributed by atoms with van der Waals surface area (Å²) in [6.07, 6.45) is 5.01. The van der Waals surface area contributed by atoms with Gasteiger partial charge in [-0.3, -0.25) is 9.69 Å². The maximum atomic E-state index is 13.6. The fraction of sp³-hybridized carbons (Fsp3) is 0.625. The minimum atomic E-state index is -0.455. The number of methoxy groups -OCH3 is 1. The van der Waals surface area contributed by atoms with Crippen LogP contribution in [0.3, 0.4) is 0 Å². The van der Waals surface area contributed by atoms with E-state index in [1.165, 1.54) is 11.1 Å². The van der Waals surface area contributed by atoms with Crippen molar-refractivity contribution in [2.24, 2.45) is 11.8 Å². The summed E-state index contributed by atoms with van der Waals surface area (Å²) in [5.41, 5.74) is 3.18. The van der Waals surface area contributed by atoms with E-state index in [1.807, 2.05) is 31.3 Å². The van der Waals surface area contributed by atoms with E-state index in [-0.39, 0.29) is 17.3 Å². The molecule has 1 spiro atoms. The predicted octanol–water partition coefficient (Wildman–Crippen LogP) is 1.74. The number of carbonyl (C=O) groups is 1. The van der Waals surface area contributed by atoms with Gasteiger partial charge in [-0.25, -0.2) is 0 Å². The Balaban J connectivity index is 1.49. The van der Waals surface area contributed by atoms with Gasteiger partial charge in [-0.1, -0.05) is 6.07 Å². The van der Waals surface area contributed by atoms with E-state index in [2.05, 4.69) is 11.0 Å². The van der Waals surface area contributed by atoms with Crippen LogP contribution in [0.15, 0.2) is 23.9 Å². The Morgan fingerprint density at radius 3 is 2.87 bits per heavy atom. The molecule has 1 aromatic carbocycles. The van der Waals surface area contributed by atoms with Gasteiger partial charge in [0.2, 0.25) is 5.78 Å². The van der Waals surface area contributed by atoms with Crippen LogP contribution in [0.2, 0.25) is 0 Å². The van der Waals surface area contributed by atoms with Gasteiger partial charge in [-0.2, -0.15) is 0 Å². The lowest BCUT2D eigenvalue weighted by molar-refractivity contribution is -0.133. The fourth-order valence-electron chi connectivity index (χ4n) is 6.82. The molecule has 160 valence electrons. The van der Waals surface area contributed by atoms with Crippen LogP contribution in [0, 0.1) is 11.8 Å². The van der Waals surface area contributed by atoms with Crippen LogP contribution < -0.4 is 9.47 Å². The first-order valence-corrected chi connectivity index (χ1v) is 11.1. The van der Waals surface area contributed by atoms with E-state index in [9.17, 15) is 9.90 Å². The second-order valence-corrected chi connectivity index (χ2v) is 10.0. The summed E-state index contributed by atoms with van der Waals surface area (Å²) in [7, 11) is 5.62. The third kappa shape index (κ3) is 2.35. The Bertz CT molecular complexity index is 957. The maximum Gasteiger partial charge on any atom is 0.201 e. The van der Waals surface area contributed by atoms with E-state index >= 15 is 0 Å². The highest BCUT2D eigenvalue weighted by Crippen LogP contribution is 2.64. The maximum absolute atomic E-state index is 13.6. The summed E-state index contributed by atoms with van der Waals surface area (Å²) in [4.78, 5) is 18.2. The first-order chi connectivity index (χ1) is 14.4. The van der Waals surface area contributed by atoms with Crippen LogP contribution >= 0.6 is 0 Å². The molecule has 30 heavy (non-hydrogen) atoms. The molecule has 2 bridgehead atoms. The molecule has 2 saturated carbocycles. The molecule has 2 unspecified atom stereocenters. The Kier molecular flexibility index (Phi) is 3.89. The Labute approximate surface area is 177 Å². The molecule has 6 atom stereocenters. The summed E-state index contributed by atoms with van der Waals surface area (Å²) >= 11 is 0. The quantitative estimate of drug-likeness (QED) is 0.763. The van der Waals surface area contributed by atoms with Gasteiger partial charge in [0.1, 0.15) is 0 Å². The van der Waals surface area contributed by atoms with Crippen molar-refractivity contribution in [2.45, 2.75) is 49.3 Å². The van der Waals surface area contributed by atoms with Crippen LogP contribution in [-0.4, -0.2) is 73.2 Å². The molecule has 2 aliphatic heterocycles. The molecule has 6 heteroatoms. The molecule has 3 fully saturated rings. The van der Waals surface area contributed by atoms with Gasteiger partial charge in [0.25, 0.3) is 0 Å². The number of Topliss-reactive ketones (excluding diaryl/α,β-unsaturated/α-hetero) is 1. The molecule has 0 radical (unpaired) electrons. The number of aliphatic hydroxyl groups excluding tert-OH is 1. The standard InChI is InChI=1S/C24H30N2O4/c1-25(2)11-15-8-16-17-9-13-4-5-19(29-3)22-20(13)24(16,23(30-22)21(15)28)6-7-26(17)12-14-10-18(14)27/h4-5,11,14,16-18,23,27H,6-10,12H2,1-3H3/t14?,16-,17+,18?,23-,24-/m0/s1. The third-order valence-corrected chi connectivity index (χ3v) is 8.20. The van der Waals surface area contributed by atoms with Gasteiger partial charge in [-0.05, 0) is 49.8 Å². The van der Waals surface area contributed by atoms with Crippen molar-refractivity contribution < 1.29 is 19.4 Å². The molecule has 1 saturated heterocycles. The molecule has 1 aromatic rings. The molecule has 6 nitrogen and oxygen atoms in total. The summed E-state index contributed by atoms with van der Waals surface area (Å²) in [6.45, 7) is 1.92. The minimum absolute atomic E-state index is 0.132. The second-order valence-electron chi connectivity index (χ2n) is 10.0. The number of rotatable bonds is 4. The van der Waals surface area contributed by atoms with Crippen LogP contribution in [0.1, 0.15) is 30.4 Å². The highest BCUT2D eigenvalue weighted by atomic mass is 16.5. The van der Waals surface area contributed by atoms with Crippen LogP contribution in [0.25, 0.3) is 0 Å². The van der Waals surface area contributed by atoms with Crippen molar-refractivity contribution >= 4 is 5.78 Å². The number of piperidine rings is 1. The van der Waals surface area contributed by atoms with Gasteiger partial charge < -0.3 is 19.5 Å². The largest absolute Gasteiger partial charge is 0.493 e. The van der Waals surface area contributed by atoms with Gasteiger partial charge in [-0.15, -0.1) is 0 Å². The van der Waals surface area contributed by atoms with Crippen molar-refractivity contribution in [1.29, 1.82) is 0 Å². The zero-order valence-electron chi connectivity index (χ0n) is 17.9. The smallest absolute Gasteiger partial charge is 0.201 e. The van der Waals surface area contributed by atoms with Crippen molar-refractivity contribution in [1.82, 2.24) is 9.80 Å². The van der Waals surface area contributed by atoms with Gasteiger partial charge in [0, 0.05) is 55.4 Å². The lowest BCUT2D eigenvalue weighted by atomic mass is 9.51. The number of ketones is 1. The van der Waals surface area contributed by atoms with Crippen LogP contribution in [0.4, 0.5) is 0 Å². The molecule has 5 aliphatic rings. The molecule has 2 heterocycles. The summed E-state index contributed by atoms with van der Waals surface area (Å²) in [6, 6.07) is 4.55. The first kappa shape index (κ1) is 18.7. The summed E-state index contributed by atoms with van der Waals surface area (Å²) in [5.74, 6) is 2.43. The fourth-order valence-corrected chi connectivity index (χ4v) is 6.82. The van der Waals surface area contributed by atoms with E-state index in [0.717, 1.165) is 55.8 Å². The molecule has 3 aliphatic carbocycles. The molecule has 1 N–H and O–H groups in total. The van der Waals surface area contributed by atoms with Gasteiger partial charge in [0.05, 0.1) is 13.2 Å². The lowest BCUT2D eigenvalue weighted by Crippen LogP contribution is -2.66. The average molecular weight is 411 g/mol. The highest BCUT2D eigenvalue weighted by molar-refractivity contribution is 6.02. The van der Waals surface area contributed by atoms with Gasteiger partial charge in [0.15, 0.2) is 17.6 Å². The van der Waals surface area contributed by atoms with Crippen molar-refractivity contribution in [3.63, 3.8) is 0 Å². The lowest BCUT2D eigenvalue weighted by Gasteiger charge is -2.58. The zero-order chi connectivity index (χ0) is 20.8. The molecular weight excluding hydrogens is 380 g/mol. The Morgan fingerprint density at radius 1 is 1.37 bits per heavy atom. The Morgan fingerprint density at radius 2 is 2.17 bits per heavy atom. The number of benzene rings is 1. The van der Waals surface area contributed by atoms with E-state index in [1.54, 1.807) is 7.11 Å². The number of likely N-dealkylation sites (tertiary alicyclic amines) is 1. The zero-order valence-corrected chi connectivity index (χ0v) is 17.9. The average Bonchev–Trinajstić information content (AvgIpc) is 3.28. The number of hydrogen-bond acceptors (Lipinski definition) is 6. The van der Waals surface area contributed by atoms with Crippen molar-refractivity contribution in [3.8, 4) is 11.5 Å². The highest BCUT2D eigenvalue weighted by Gasteiger charge is 2.67. The van der Waals surface area contributed by atoms with Crippen LogP contribution in [-0.2, 0) is 16.6 Å². The molecule has 6 rings (SSSR count). The monoisotopic (exact) mass is 410 g/mol. The number of nitrogens with zero attached hydrogens (tertiary/aromatic N) is 2. The molecule has 0 aromatic heterocycles. The topological polar surface area (TPSA) is 62.2 Å². The SMILES string of the molecule is COc1ccc2c3c1O[C@H]1C(=O)C(=CN(C)C)C[C@H]4[C@@H](C2)N(CC2CC2O)CC[C@]314. The molecule has 0 amide bonds. The third-order valence-electron chi connectivity index (χ3n) is 8.20. The minimum Gasteiger partial charge on any atom is -0.493 e. The van der Waals surface area contributed by atoms with Crippen LogP contribution in [0.5, 0.6) is 11.5 Å². The Hall–Kier alpha value is -2.05. The van der Waals surface area contributed by atoms with Gasteiger partial charge >= 0.3 is 0 Å². The first-order valence-electron chi connectivity index (χ1n) is 11.1. The van der Waals surface area contributed by atoms with Crippen molar-refractivity contribution in [3.05, 3.63) is 35.0 Å². The van der Waals surface area contributed by atoms with E-state index in [4.69, 9.17) is 9.47 Å². The normalized spacial score (nSPS) is 39.5. The number of carbonyl (C=O) groups excluding carboxylic acids is 1. The molecular formula is C24H30N2O4. The summed E-state index contributed by atoms with van der Waals surface area (Å²) in [5, 5.41) is 9.94. The predicted molar refractivity (Wildman–Crippen MR) is 112 cm³/mol. The number of aliphatic hydroxyl groups is 1.